The van der Waals surface area contributed by atoms with Gasteiger partial charge in [-0.05, 0) is 114 Å². The molecule has 0 amide bonds. The maximum atomic E-state index is 9.81. The minimum atomic E-state index is -0.607. The van der Waals surface area contributed by atoms with Crippen molar-refractivity contribution in [3.05, 3.63) is 264 Å². The van der Waals surface area contributed by atoms with Crippen molar-refractivity contribution in [1.82, 2.24) is 0 Å². The number of nitrogens with zero attached hydrogens (tertiary/aromatic N) is 1. The third-order valence-electron chi connectivity index (χ3n) is 12.7. The zero-order valence-corrected chi connectivity index (χ0v) is 34.6. The molecule has 0 atom stereocenters. The summed E-state index contributed by atoms with van der Waals surface area (Å²) in [6.07, 6.45) is 0. The van der Waals surface area contributed by atoms with Crippen LogP contribution in [-0.4, -0.2) is 0 Å². The van der Waals surface area contributed by atoms with Crippen LogP contribution in [0.1, 0.15) is 33.3 Å². The van der Waals surface area contributed by atoms with Crippen molar-refractivity contribution in [3.8, 4) is 33.4 Å². The van der Waals surface area contributed by atoms with Crippen LogP contribution in [-0.2, 0) is 12.0 Å². The first-order valence-corrected chi connectivity index (χ1v) is 21.9. The van der Waals surface area contributed by atoms with Crippen LogP contribution in [0.2, 0.25) is 0 Å². The Labute approximate surface area is 372 Å². The minimum absolute atomic E-state index is 0.0742. The van der Waals surface area contributed by atoms with Gasteiger partial charge in [0.15, 0.2) is 0 Å². The van der Waals surface area contributed by atoms with Crippen molar-refractivity contribution in [1.29, 1.82) is 0 Å². The highest BCUT2D eigenvalue weighted by atomic mass is 32.1. The van der Waals surface area contributed by atoms with E-state index in [1.54, 1.807) is 11.3 Å². The summed E-state index contributed by atoms with van der Waals surface area (Å²) >= 11 is 1.79. The van der Waals surface area contributed by atoms with E-state index in [2.05, 4.69) is 158 Å². The zero-order chi connectivity index (χ0) is 44.5. The number of fused-ring (bicyclic) bond motifs is 7. The average molecular weight is 812 g/mol. The number of hydrogen-bond acceptors (Lipinski definition) is 2. The Morgan fingerprint density at radius 3 is 1.85 bits per heavy atom. The highest BCUT2D eigenvalue weighted by Crippen LogP contribution is 2.56. The first-order chi connectivity index (χ1) is 32.4. The smallest absolute Gasteiger partial charge is 0.0713 e. The van der Waals surface area contributed by atoms with Gasteiger partial charge >= 0.3 is 0 Å². The number of thiophene rings is 1. The monoisotopic (exact) mass is 811 g/mol. The molecule has 292 valence electrons. The molecule has 62 heavy (non-hydrogen) atoms. The Morgan fingerprint density at radius 1 is 0.403 bits per heavy atom. The normalized spacial score (nSPS) is 13.6. The van der Waals surface area contributed by atoms with E-state index in [0.29, 0.717) is 11.1 Å². The maximum Gasteiger partial charge on any atom is 0.0713 e. The van der Waals surface area contributed by atoms with Gasteiger partial charge < -0.3 is 4.90 Å². The summed E-state index contributed by atoms with van der Waals surface area (Å²) in [4.78, 5) is 1.99. The molecular weight excluding hydrogens is 767 g/mol. The molecule has 12 rings (SSSR count). The summed E-state index contributed by atoms with van der Waals surface area (Å²) in [7, 11) is 0. The second kappa shape index (κ2) is 14.9. The molecule has 0 radical (unpaired) electrons. The van der Waals surface area contributed by atoms with Gasteiger partial charge in [-0.25, -0.2) is 0 Å². The summed E-state index contributed by atoms with van der Waals surface area (Å²) < 4.78 is 41.4. The molecule has 1 aliphatic rings. The molecule has 1 nitrogen and oxygen atoms in total. The summed E-state index contributed by atoms with van der Waals surface area (Å²) in [6, 6.07) is 73.7. The summed E-state index contributed by atoms with van der Waals surface area (Å²) in [5.74, 6) is 0. The van der Waals surface area contributed by atoms with Crippen LogP contribution in [0, 0.1) is 0 Å². The van der Waals surface area contributed by atoms with Gasteiger partial charge in [0.1, 0.15) is 0 Å². The largest absolute Gasteiger partial charge is 0.337 e. The Hall–Kier alpha value is -7.52. The molecule has 1 heterocycles. The number of hydrogen-bond donors (Lipinski definition) is 0. The molecule has 0 fully saturated rings. The Bertz CT molecular complexity index is 3620. The molecule has 0 N–H and O–H groups in total. The van der Waals surface area contributed by atoms with E-state index >= 15 is 0 Å². The van der Waals surface area contributed by atoms with Gasteiger partial charge in [-0.15, -0.1) is 11.3 Å². The van der Waals surface area contributed by atoms with E-state index < -0.39 is 5.41 Å². The Morgan fingerprint density at radius 2 is 1.03 bits per heavy atom. The molecule has 1 aromatic heterocycles. The lowest BCUT2D eigenvalue weighted by molar-refractivity contribution is 0.766. The lowest BCUT2D eigenvalue weighted by Crippen LogP contribution is -2.28. The van der Waals surface area contributed by atoms with E-state index in [-0.39, 0.29) is 36.4 Å². The topological polar surface area (TPSA) is 3.24 Å². The van der Waals surface area contributed by atoms with E-state index in [1.165, 1.54) is 42.4 Å². The third-order valence-corrected chi connectivity index (χ3v) is 13.8. The Balaban J connectivity index is 1.06. The minimum Gasteiger partial charge on any atom is -0.337 e. The first kappa shape index (κ1) is 32.3. The third kappa shape index (κ3) is 5.90. The number of anilines is 2. The summed E-state index contributed by atoms with van der Waals surface area (Å²) in [5.41, 5.74) is 11.5. The molecule has 0 saturated heterocycles. The molecule has 0 bridgehead atoms. The van der Waals surface area contributed by atoms with Crippen LogP contribution in [0.4, 0.5) is 11.4 Å². The van der Waals surface area contributed by atoms with Gasteiger partial charge in [0, 0.05) is 38.1 Å². The second-order valence-electron chi connectivity index (χ2n) is 16.1. The van der Waals surface area contributed by atoms with Gasteiger partial charge in [-0.3, -0.25) is 0 Å². The van der Waals surface area contributed by atoms with Crippen molar-refractivity contribution in [2.45, 2.75) is 12.0 Å². The second-order valence-corrected chi connectivity index (χ2v) is 17.2. The lowest BCUT2D eigenvalue weighted by atomic mass is 9.67. The van der Waals surface area contributed by atoms with E-state index in [9.17, 15) is 5.48 Å². The fourth-order valence-electron chi connectivity index (χ4n) is 9.85. The van der Waals surface area contributed by atoms with E-state index in [4.69, 9.17) is 0 Å². The molecule has 0 spiro atoms. The van der Waals surface area contributed by atoms with Gasteiger partial charge in [0.2, 0.25) is 0 Å². The van der Waals surface area contributed by atoms with Crippen molar-refractivity contribution in [2.24, 2.45) is 0 Å². The fourth-order valence-corrected chi connectivity index (χ4v) is 10.9. The quantitative estimate of drug-likeness (QED) is 0.148. The highest BCUT2D eigenvalue weighted by molar-refractivity contribution is 7.25. The molecule has 0 aliphatic heterocycles. The van der Waals surface area contributed by atoms with Crippen LogP contribution in [0.5, 0.6) is 0 Å². The van der Waals surface area contributed by atoms with Crippen LogP contribution >= 0.6 is 11.3 Å². The van der Waals surface area contributed by atoms with Crippen molar-refractivity contribution < 1.29 is 5.48 Å². The Kier molecular flexibility index (Phi) is 7.75. The summed E-state index contributed by atoms with van der Waals surface area (Å²) in [6.45, 7) is 0.283. The van der Waals surface area contributed by atoms with Crippen LogP contribution in [0.25, 0.3) is 64.3 Å². The van der Waals surface area contributed by atoms with Crippen LogP contribution in [0.3, 0.4) is 0 Å². The van der Waals surface area contributed by atoms with Gasteiger partial charge in [0.05, 0.1) is 10.9 Å². The predicted octanol–water partition coefficient (Wildman–Crippen LogP) is 16.2. The van der Waals surface area contributed by atoms with Gasteiger partial charge in [-0.1, -0.05) is 194 Å². The molecule has 11 aromatic rings. The van der Waals surface area contributed by atoms with Crippen molar-refractivity contribution in [3.63, 3.8) is 0 Å². The molecule has 0 unspecified atom stereocenters. The van der Waals surface area contributed by atoms with Gasteiger partial charge in [0.25, 0.3) is 0 Å². The standard InChI is InChI=1S/C60H41NS/c1-3-18-46(19-4-1)60(47-20-5-2-6-21-47)56-27-11-9-24-52(56)53-35-29-41(37-57(53)60)40-61(48-33-30-43(31-34-48)51-26-14-16-42-15-7-8-23-50(42)51)49-22-13-17-44(38-49)45-32-36-59-55(39-45)54-25-10-12-28-58(54)62-59/h1-39H,40H2/i30D,31D,33D,34D. The van der Waals surface area contributed by atoms with Crippen LogP contribution in [0.15, 0.2) is 236 Å². The molecule has 1 aliphatic carbocycles. The SMILES string of the molecule is [2H]c1c([2H])c(N(Cc2ccc3c(c2)C(c2ccccc2)(c2ccccc2)c2ccccc2-3)c2cccc(-c3ccc4sc5ccccc5c4c3)c2)c([2H])c([2H])c1-c1cccc2ccccc12. The zero-order valence-electron chi connectivity index (χ0n) is 37.8. The lowest BCUT2D eigenvalue weighted by Gasteiger charge is -2.34. The number of benzene rings is 10. The van der Waals surface area contributed by atoms with Crippen molar-refractivity contribution in [2.75, 3.05) is 4.90 Å². The molecule has 10 aromatic carbocycles. The first-order valence-electron chi connectivity index (χ1n) is 23.1. The van der Waals surface area contributed by atoms with E-state index in [0.717, 1.165) is 44.3 Å². The predicted molar refractivity (Wildman–Crippen MR) is 264 cm³/mol. The van der Waals surface area contributed by atoms with Crippen molar-refractivity contribution >= 4 is 53.7 Å². The van der Waals surface area contributed by atoms with Gasteiger partial charge in [-0.2, -0.15) is 0 Å². The molecule has 0 saturated carbocycles. The maximum absolute atomic E-state index is 9.81. The van der Waals surface area contributed by atoms with Crippen LogP contribution < -0.4 is 4.90 Å². The molecular formula is C60H41NS. The summed E-state index contributed by atoms with van der Waals surface area (Å²) in [5, 5.41) is 4.29. The van der Waals surface area contributed by atoms with E-state index in [1.807, 2.05) is 59.5 Å². The highest BCUT2D eigenvalue weighted by Gasteiger charge is 2.46. The average Bonchev–Trinajstić information content (AvgIpc) is 3.89. The molecule has 2 heteroatoms. The number of rotatable bonds is 8. The fraction of sp³-hybridized carbons (Fsp3) is 0.0333.